The maximum atomic E-state index is 13.8. The standard InChI is InChI=1S/C14H19FN2O2/c1-8-9(2)13(10(7-16)14(18)12(8)15)17-11-5-3-4-6-19-11/h7,11,16-18H,3-6H2,1-2H3. The number of hydrogen-bond acceptors (Lipinski definition) is 4. The van der Waals surface area contributed by atoms with Crippen LogP contribution in [-0.2, 0) is 4.74 Å². The molecule has 0 aliphatic carbocycles. The molecule has 0 aromatic heterocycles. The minimum atomic E-state index is -0.661. The monoisotopic (exact) mass is 266 g/mol. The zero-order chi connectivity index (χ0) is 14.0. The van der Waals surface area contributed by atoms with Gasteiger partial charge in [0.2, 0.25) is 0 Å². The normalized spacial score (nSPS) is 19.2. The Bertz CT molecular complexity index is 497. The first-order valence-electron chi connectivity index (χ1n) is 6.46. The van der Waals surface area contributed by atoms with Crippen molar-refractivity contribution in [3.05, 3.63) is 22.5 Å². The van der Waals surface area contributed by atoms with Gasteiger partial charge >= 0.3 is 0 Å². The minimum absolute atomic E-state index is 0.143. The van der Waals surface area contributed by atoms with Gasteiger partial charge in [-0.2, -0.15) is 0 Å². The van der Waals surface area contributed by atoms with Gasteiger partial charge in [-0.15, -0.1) is 0 Å². The van der Waals surface area contributed by atoms with Crippen LogP contribution in [0, 0.1) is 25.1 Å². The summed E-state index contributed by atoms with van der Waals surface area (Å²) in [6.07, 6.45) is 3.81. The number of aromatic hydroxyl groups is 1. The van der Waals surface area contributed by atoms with Crippen LogP contribution in [0.2, 0.25) is 0 Å². The van der Waals surface area contributed by atoms with Crippen LogP contribution in [-0.4, -0.2) is 24.2 Å². The van der Waals surface area contributed by atoms with Gasteiger partial charge in [0.15, 0.2) is 11.6 Å². The molecule has 1 saturated heterocycles. The molecular formula is C14H19FN2O2. The van der Waals surface area contributed by atoms with E-state index in [9.17, 15) is 9.50 Å². The fourth-order valence-electron chi connectivity index (χ4n) is 2.31. The van der Waals surface area contributed by atoms with Crippen molar-refractivity contribution < 1.29 is 14.2 Å². The highest BCUT2D eigenvalue weighted by Gasteiger charge is 2.21. The number of halogens is 1. The number of nitrogens with one attached hydrogen (secondary N) is 2. The summed E-state index contributed by atoms with van der Waals surface area (Å²) in [6, 6.07) is 0. The molecule has 1 aliphatic heterocycles. The van der Waals surface area contributed by atoms with Crippen LogP contribution in [0.3, 0.4) is 0 Å². The van der Waals surface area contributed by atoms with Crippen LogP contribution in [0.15, 0.2) is 0 Å². The zero-order valence-corrected chi connectivity index (χ0v) is 11.2. The van der Waals surface area contributed by atoms with Gasteiger partial charge in [-0.3, -0.25) is 0 Å². The van der Waals surface area contributed by atoms with Gasteiger partial charge in [-0.1, -0.05) is 0 Å². The lowest BCUT2D eigenvalue weighted by Gasteiger charge is -2.27. The Balaban J connectivity index is 2.40. The third-order valence-electron chi connectivity index (χ3n) is 3.63. The number of benzene rings is 1. The fraction of sp³-hybridized carbons (Fsp3) is 0.500. The van der Waals surface area contributed by atoms with Crippen molar-refractivity contribution in [3.63, 3.8) is 0 Å². The number of rotatable bonds is 3. The molecule has 5 heteroatoms. The van der Waals surface area contributed by atoms with E-state index < -0.39 is 11.6 Å². The zero-order valence-electron chi connectivity index (χ0n) is 11.2. The lowest BCUT2D eigenvalue weighted by Crippen LogP contribution is -2.28. The average molecular weight is 266 g/mol. The molecule has 1 atom stereocenters. The maximum Gasteiger partial charge on any atom is 0.168 e. The van der Waals surface area contributed by atoms with Gasteiger partial charge in [0.05, 0.1) is 11.3 Å². The molecule has 104 valence electrons. The van der Waals surface area contributed by atoms with Crippen molar-refractivity contribution in [1.29, 1.82) is 5.41 Å². The molecule has 1 aromatic carbocycles. The quantitative estimate of drug-likeness (QED) is 0.737. The topological polar surface area (TPSA) is 65.3 Å². The first-order valence-corrected chi connectivity index (χ1v) is 6.46. The summed E-state index contributed by atoms with van der Waals surface area (Å²) in [4.78, 5) is 0. The van der Waals surface area contributed by atoms with Crippen molar-refractivity contribution in [2.24, 2.45) is 0 Å². The largest absolute Gasteiger partial charge is 0.504 e. The Morgan fingerprint density at radius 3 is 2.68 bits per heavy atom. The first-order chi connectivity index (χ1) is 9.06. The summed E-state index contributed by atoms with van der Waals surface area (Å²) in [5, 5.41) is 20.4. The molecule has 1 aromatic rings. The van der Waals surface area contributed by atoms with E-state index in [1.807, 2.05) is 0 Å². The molecule has 4 nitrogen and oxygen atoms in total. The van der Waals surface area contributed by atoms with Crippen molar-refractivity contribution in [3.8, 4) is 5.75 Å². The predicted molar refractivity (Wildman–Crippen MR) is 72.6 cm³/mol. The summed E-state index contributed by atoms with van der Waals surface area (Å²) in [7, 11) is 0. The summed E-state index contributed by atoms with van der Waals surface area (Å²) in [5.41, 5.74) is 1.84. The second-order valence-corrected chi connectivity index (χ2v) is 4.85. The van der Waals surface area contributed by atoms with Gasteiger partial charge < -0.3 is 20.6 Å². The molecule has 2 rings (SSSR count). The molecular weight excluding hydrogens is 247 g/mol. The van der Waals surface area contributed by atoms with E-state index in [2.05, 4.69) is 5.32 Å². The molecule has 0 spiro atoms. The molecule has 3 N–H and O–H groups in total. The highest BCUT2D eigenvalue weighted by Crippen LogP contribution is 2.35. The molecule has 1 unspecified atom stereocenters. The number of anilines is 1. The molecule has 1 fully saturated rings. The van der Waals surface area contributed by atoms with E-state index in [0.29, 0.717) is 23.4 Å². The van der Waals surface area contributed by atoms with Crippen LogP contribution >= 0.6 is 0 Å². The second-order valence-electron chi connectivity index (χ2n) is 4.85. The van der Waals surface area contributed by atoms with Crippen LogP contribution < -0.4 is 5.32 Å². The highest BCUT2D eigenvalue weighted by molar-refractivity contribution is 5.91. The summed E-state index contributed by atoms with van der Waals surface area (Å²) in [6.45, 7) is 4.09. The molecule has 1 aliphatic rings. The summed E-state index contributed by atoms with van der Waals surface area (Å²) in [5.74, 6) is -1.14. The predicted octanol–water partition coefficient (Wildman–Crippen LogP) is 3.08. The van der Waals surface area contributed by atoms with E-state index in [-0.39, 0.29) is 11.8 Å². The lowest BCUT2D eigenvalue weighted by molar-refractivity contribution is 0.0343. The number of hydrogen-bond donors (Lipinski definition) is 3. The molecule has 19 heavy (non-hydrogen) atoms. The van der Waals surface area contributed by atoms with Gasteiger partial charge in [-0.05, 0) is 44.2 Å². The van der Waals surface area contributed by atoms with Crippen LogP contribution in [0.25, 0.3) is 0 Å². The Labute approximate surface area is 112 Å². The van der Waals surface area contributed by atoms with Crippen molar-refractivity contribution >= 4 is 11.9 Å². The van der Waals surface area contributed by atoms with E-state index in [4.69, 9.17) is 10.1 Å². The van der Waals surface area contributed by atoms with Gasteiger partial charge in [-0.25, -0.2) is 4.39 Å². The number of ether oxygens (including phenoxy) is 1. The second kappa shape index (κ2) is 5.57. The van der Waals surface area contributed by atoms with E-state index in [0.717, 1.165) is 25.5 Å². The lowest BCUT2D eigenvalue weighted by atomic mass is 10.0. The molecule has 0 saturated carbocycles. The number of phenolic OH excluding ortho intramolecular Hbond substituents is 1. The smallest absolute Gasteiger partial charge is 0.168 e. The Hall–Kier alpha value is -1.62. The summed E-state index contributed by atoms with van der Waals surface area (Å²) >= 11 is 0. The third kappa shape index (κ3) is 2.56. The van der Waals surface area contributed by atoms with E-state index in [1.165, 1.54) is 0 Å². The number of phenols is 1. The Kier molecular flexibility index (Phi) is 4.04. The molecule has 0 amide bonds. The first kappa shape index (κ1) is 13.8. The van der Waals surface area contributed by atoms with Crippen molar-refractivity contribution in [1.82, 2.24) is 0 Å². The minimum Gasteiger partial charge on any atom is -0.504 e. The SMILES string of the molecule is Cc1c(C)c(NC2CCCCO2)c(C=N)c(O)c1F. The third-order valence-corrected chi connectivity index (χ3v) is 3.63. The highest BCUT2D eigenvalue weighted by atomic mass is 19.1. The van der Waals surface area contributed by atoms with Crippen LogP contribution in [0.5, 0.6) is 5.75 Å². The average Bonchev–Trinajstić information content (AvgIpc) is 2.44. The van der Waals surface area contributed by atoms with Gasteiger partial charge in [0.1, 0.15) is 6.23 Å². The van der Waals surface area contributed by atoms with E-state index >= 15 is 0 Å². The fourth-order valence-corrected chi connectivity index (χ4v) is 2.31. The van der Waals surface area contributed by atoms with Crippen LogP contribution in [0.1, 0.15) is 36.0 Å². The Morgan fingerprint density at radius 2 is 2.11 bits per heavy atom. The van der Waals surface area contributed by atoms with Gasteiger partial charge in [0.25, 0.3) is 0 Å². The maximum absolute atomic E-state index is 13.8. The van der Waals surface area contributed by atoms with Crippen molar-refractivity contribution in [2.45, 2.75) is 39.3 Å². The van der Waals surface area contributed by atoms with Gasteiger partial charge in [0, 0.05) is 12.8 Å². The molecule has 0 radical (unpaired) electrons. The van der Waals surface area contributed by atoms with E-state index in [1.54, 1.807) is 13.8 Å². The van der Waals surface area contributed by atoms with Crippen LogP contribution in [0.4, 0.5) is 10.1 Å². The Morgan fingerprint density at radius 1 is 1.37 bits per heavy atom. The van der Waals surface area contributed by atoms with Crippen molar-refractivity contribution in [2.75, 3.05) is 11.9 Å². The summed E-state index contributed by atoms with van der Waals surface area (Å²) < 4.78 is 19.4. The molecule has 1 heterocycles. The molecule has 0 bridgehead atoms.